The van der Waals surface area contributed by atoms with Crippen molar-refractivity contribution in [2.45, 2.75) is 59.9 Å². The van der Waals surface area contributed by atoms with E-state index >= 15 is 0 Å². The van der Waals surface area contributed by atoms with E-state index in [1.165, 1.54) is 19.3 Å². The minimum atomic E-state index is 0.801. The summed E-state index contributed by atoms with van der Waals surface area (Å²) in [5, 5.41) is 0. The Morgan fingerprint density at radius 2 is 1.57 bits per heavy atom. The fourth-order valence-corrected chi connectivity index (χ4v) is 1.16. The molecule has 0 aromatic rings. The maximum atomic E-state index is 3.36. The van der Waals surface area contributed by atoms with Crippen molar-refractivity contribution in [2.75, 3.05) is 14.1 Å². The summed E-state index contributed by atoms with van der Waals surface area (Å²) < 4.78 is 0. The SMILES string of the molecule is C=CC.CC.CCCC(CC)N(C)C. The smallest absolute Gasteiger partial charge is 0.00864 e. The summed E-state index contributed by atoms with van der Waals surface area (Å²) in [5.74, 6) is 0. The van der Waals surface area contributed by atoms with E-state index in [0.717, 1.165) is 6.04 Å². The van der Waals surface area contributed by atoms with E-state index in [2.05, 4.69) is 39.4 Å². The van der Waals surface area contributed by atoms with Crippen molar-refractivity contribution in [3.63, 3.8) is 0 Å². The quantitative estimate of drug-likeness (QED) is 0.611. The largest absolute Gasteiger partial charge is 0.306 e. The van der Waals surface area contributed by atoms with Crippen molar-refractivity contribution < 1.29 is 0 Å². The van der Waals surface area contributed by atoms with E-state index in [4.69, 9.17) is 0 Å². The van der Waals surface area contributed by atoms with Crippen molar-refractivity contribution in [2.24, 2.45) is 0 Å². The summed E-state index contributed by atoms with van der Waals surface area (Å²) >= 11 is 0. The van der Waals surface area contributed by atoms with Crippen LogP contribution in [0.2, 0.25) is 0 Å². The summed E-state index contributed by atoms with van der Waals surface area (Å²) in [5.41, 5.74) is 0. The number of hydrogen-bond donors (Lipinski definition) is 0. The van der Waals surface area contributed by atoms with E-state index in [0.29, 0.717) is 0 Å². The molecule has 0 radical (unpaired) electrons. The van der Waals surface area contributed by atoms with Gasteiger partial charge in [0.1, 0.15) is 0 Å². The fourth-order valence-electron chi connectivity index (χ4n) is 1.16. The first-order valence-electron chi connectivity index (χ1n) is 5.87. The summed E-state index contributed by atoms with van der Waals surface area (Å²) in [6.45, 7) is 13.7. The van der Waals surface area contributed by atoms with Crippen LogP contribution in [0.3, 0.4) is 0 Å². The molecule has 0 amide bonds. The summed E-state index contributed by atoms with van der Waals surface area (Å²) in [7, 11) is 4.31. The average Bonchev–Trinajstić information content (AvgIpc) is 2.18. The van der Waals surface area contributed by atoms with E-state index < -0.39 is 0 Å². The third-order valence-corrected chi connectivity index (χ3v) is 1.82. The lowest BCUT2D eigenvalue weighted by molar-refractivity contribution is 0.269. The van der Waals surface area contributed by atoms with Crippen LogP contribution in [-0.2, 0) is 0 Å². The Hall–Kier alpha value is -0.300. The maximum absolute atomic E-state index is 3.36. The monoisotopic (exact) mass is 201 g/mol. The lowest BCUT2D eigenvalue weighted by atomic mass is 10.1. The van der Waals surface area contributed by atoms with Gasteiger partial charge >= 0.3 is 0 Å². The minimum absolute atomic E-state index is 0.801. The summed E-state index contributed by atoms with van der Waals surface area (Å²) in [6.07, 6.45) is 5.67. The van der Waals surface area contributed by atoms with Crippen molar-refractivity contribution >= 4 is 0 Å². The normalized spacial score (nSPS) is 10.6. The molecule has 0 aliphatic heterocycles. The van der Waals surface area contributed by atoms with Crippen molar-refractivity contribution in [1.82, 2.24) is 4.90 Å². The van der Waals surface area contributed by atoms with Crippen LogP contribution in [0, 0.1) is 0 Å². The van der Waals surface area contributed by atoms with Gasteiger partial charge in [0, 0.05) is 6.04 Å². The molecule has 0 aliphatic carbocycles. The lowest BCUT2D eigenvalue weighted by Crippen LogP contribution is -2.26. The molecule has 0 N–H and O–H groups in total. The van der Waals surface area contributed by atoms with Gasteiger partial charge in [0.25, 0.3) is 0 Å². The van der Waals surface area contributed by atoms with Gasteiger partial charge in [-0.3, -0.25) is 0 Å². The predicted molar refractivity (Wildman–Crippen MR) is 69.9 cm³/mol. The van der Waals surface area contributed by atoms with Crippen LogP contribution in [0.25, 0.3) is 0 Å². The Morgan fingerprint density at radius 1 is 1.21 bits per heavy atom. The molecule has 0 heterocycles. The fraction of sp³-hybridized carbons (Fsp3) is 0.846. The molecule has 0 rings (SSSR count). The van der Waals surface area contributed by atoms with Gasteiger partial charge in [-0.05, 0) is 33.9 Å². The van der Waals surface area contributed by atoms with Gasteiger partial charge in [0.2, 0.25) is 0 Å². The predicted octanol–water partition coefficient (Wildman–Crippen LogP) is 4.35. The Labute approximate surface area is 92.2 Å². The van der Waals surface area contributed by atoms with Crippen LogP contribution >= 0.6 is 0 Å². The van der Waals surface area contributed by atoms with Gasteiger partial charge in [-0.15, -0.1) is 6.58 Å². The summed E-state index contributed by atoms with van der Waals surface area (Å²) in [4.78, 5) is 2.31. The van der Waals surface area contributed by atoms with E-state index in [-0.39, 0.29) is 0 Å². The van der Waals surface area contributed by atoms with Crippen molar-refractivity contribution in [3.05, 3.63) is 12.7 Å². The minimum Gasteiger partial charge on any atom is -0.306 e. The first-order chi connectivity index (χ1) is 6.63. The van der Waals surface area contributed by atoms with E-state index in [9.17, 15) is 0 Å². The zero-order chi connectivity index (χ0) is 12.0. The molecule has 1 atom stereocenters. The topological polar surface area (TPSA) is 3.24 Å². The Bertz CT molecular complexity index is 87.2. The second-order valence-corrected chi connectivity index (χ2v) is 3.22. The van der Waals surface area contributed by atoms with Gasteiger partial charge in [-0.2, -0.15) is 0 Å². The number of nitrogens with zero attached hydrogens (tertiary/aromatic N) is 1. The highest BCUT2D eigenvalue weighted by Crippen LogP contribution is 2.05. The molecular weight excluding hydrogens is 170 g/mol. The molecule has 1 heteroatoms. The highest BCUT2D eigenvalue weighted by Gasteiger charge is 2.05. The van der Waals surface area contributed by atoms with E-state index in [1.807, 2.05) is 20.8 Å². The lowest BCUT2D eigenvalue weighted by Gasteiger charge is -2.21. The van der Waals surface area contributed by atoms with Crippen LogP contribution in [0.4, 0.5) is 0 Å². The molecule has 1 unspecified atom stereocenters. The number of hydrogen-bond acceptors (Lipinski definition) is 1. The Morgan fingerprint density at radius 3 is 1.64 bits per heavy atom. The molecule has 88 valence electrons. The highest BCUT2D eigenvalue weighted by molar-refractivity contribution is 4.61. The van der Waals surface area contributed by atoms with Crippen LogP contribution in [0.15, 0.2) is 12.7 Å². The van der Waals surface area contributed by atoms with Gasteiger partial charge < -0.3 is 4.90 Å². The average molecular weight is 201 g/mol. The van der Waals surface area contributed by atoms with Crippen LogP contribution in [0.1, 0.15) is 53.9 Å². The standard InChI is InChI=1S/C8H19N.C3H6.C2H6/c1-5-7-8(6-2)9(3)4;1-3-2;1-2/h8H,5-7H2,1-4H3;3H,1H2,2H3;1-2H3. The van der Waals surface area contributed by atoms with Crippen molar-refractivity contribution in [3.8, 4) is 0 Å². The second kappa shape index (κ2) is 18.5. The molecule has 0 aliphatic rings. The molecule has 0 saturated carbocycles. The van der Waals surface area contributed by atoms with Crippen LogP contribution in [0.5, 0.6) is 0 Å². The summed E-state index contributed by atoms with van der Waals surface area (Å²) in [6, 6.07) is 0.801. The Kier molecular flexibility index (Phi) is 25.5. The van der Waals surface area contributed by atoms with Crippen molar-refractivity contribution in [1.29, 1.82) is 0 Å². The molecule has 0 saturated heterocycles. The van der Waals surface area contributed by atoms with Gasteiger partial charge in [-0.25, -0.2) is 0 Å². The molecule has 0 aromatic heterocycles. The molecule has 1 nitrogen and oxygen atoms in total. The second-order valence-electron chi connectivity index (χ2n) is 3.22. The molecule has 0 fully saturated rings. The maximum Gasteiger partial charge on any atom is 0.00864 e. The van der Waals surface area contributed by atoms with Gasteiger partial charge in [0.15, 0.2) is 0 Å². The first-order valence-corrected chi connectivity index (χ1v) is 5.87. The third-order valence-electron chi connectivity index (χ3n) is 1.82. The van der Waals surface area contributed by atoms with E-state index in [1.54, 1.807) is 6.08 Å². The molecule has 0 bridgehead atoms. The molecular formula is C13H31N. The zero-order valence-corrected chi connectivity index (χ0v) is 11.4. The third kappa shape index (κ3) is 17.7. The molecule has 0 spiro atoms. The highest BCUT2D eigenvalue weighted by atomic mass is 15.1. The first kappa shape index (κ1) is 19.3. The zero-order valence-electron chi connectivity index (χ0n) is 11.4. The van der Waals surface area contributed by atoms with Crippen LogP contribution in [-0.4, -0.2) is 25.0 Å². The molecule has 0 aromatic carbocycles. The molecule has 14 heavy (non-hydrogen) atoms. The number of allylic oxidation sites excluding steroid dienone is 1. The van der Waals surface area contributed by atoms with Gasteiger partial charge in [-0.1, -0.05) is 40.2 Å². The van der Waals surface area contributed by atoms with Crippen LogP contribution < -0.4 is 0 Å². The Balaban J connectivity index is -0.000000205. The van der Waals surface area contributed by atoms with Gasteiger partial charge in [0.05, 0.1) is 0 Å². The number of rotatable bonds is 4.